The van der Waals surface area contributed by atoms with Crippen LogP contribution < -0.4 is 0 Å². The third kappa shape index (κ3) is 5.11. The third-order valence-electron chi connectivity index (χ3n) is 5.40. The molecule has 0 unspecified atom stereocenters. The van der Waals surface area contributed by atoms with Crippen LogP contribution in [0.2, 0.25) is 5.02 Å². The van der Waals surface area contributed by atoms with Gasteiger partial charge in [-0.05, 0) is 19.1 Å². The lowest BCUT2D eigenvalue weighted by atomic mass is 9.98. The Kier molecular flexibility index (Phi) is 6.79. The van der Waals surface area contributed by atoms with Crippen molar-refractivity contribution in [3.63, 3.8) is 0 Å². The molecule has 0 amide bonds. The van der Waals surface area contributed by atoms with Crippen LogP contribution in [0, 0.1) is 0 Å². The summed E-state index contributed by atoms with van der Waals surface area (Å²) in [5.41, 5.74) is -0.132. The summed E-state index contributed by atoms with van der Waals surface area (Å²) in [5.74, 6) is -1.89. The molecule has 4 rings (SSSR count). The van der Waals surface area contributed by atoms with Gasteiger partial charge < -0.3 is 19.7 Å². The van der Waals surface area contributed by atoms with Gasteiger partial charge in [0.15, 0.2) is 0 Å². The first-order valence-electron chi connectivity index (χ1n) is 10.3. The summed E-state index contributed by atoms with van der Waals surface area (Å²) in [4.78, 5) is 26.6. The standard InChI is InChI=1S/C24H23ClO6S/c1-13-10-19-23(31-19)20(32-15-7-3-2-4-8-15)9-5-6-14(26)11-16-21(24(29)30-13)17(27)12-18(28)22(16)25/h2-5,7-9,12-13,19-20,23,27-28H,6,10-11H2,1H3/b9-5+/t13-,19-,20-,23-/m1/s1. The number of epoxide rings is 1. The van der Waals surface area contributed by atoms with E-state index in [1.54, 1.807) is 24.8 Å². The van der Waals surface area contributed by atoms with Crippen molar-refractivity contribution in [2.45, 2.75) is 54.6 Å². The number of carbonyl (C=O) groups is 2. The van der Waals surface area contributed by atoms with Gasteiger partial charge in [0.05, 0.1) is 22.5 Å². The Bertz CT molecular complexity index is 1050. The number of halogens is 1. The van der Waals surface area contributed by atoms with Crippen molar-refractivity contribution in [2.75, 3.05) is 0 Å². The Balaban J connectivity index is 1.63. The van der Waals surface area contributed by atoms with Gasteiger partial charge >= 0.3 is 5.97 Å². The largest absolute Gasteiger partial charge is 0.507 e. The molecular weight excluding hydrogens is 452 g/mol. The first-order chi connectivity index (χ1) is 15.3. The number of aromatic hydroxyl groups is 2. The molecule has 2 heterocycles. The second-order valence-corrected chi connectivity index (χ2v) is 9.55. The maximum atomic E-state index is 12.8. The predicted octanol–water partition coefficient (Wildman–Crippen LogP) is 4.69. The third-order valence-corrected chi connectivity index (χ3v) is 7.07. The molecule has 2 aliphatic heterocycles. The maximum absolute atomic E-state index is 12.8. The molecule has 4 atom stereocenters. The second-order valence-electron chi connectivity index (χ2n) is 7.92. The molecular formula is C24H23ClO6S. The van der Waals surface area contributed by atoms with E-state index in [0.717, 1.165) is 11.0 Å². The Labute approximate surface area is 195 Å². The van der Waals surface area contributed by atoms with Gasteiger partial charge in [-0.15, -0.1) is 11.8 Å². The topological polar surface area (TPSA) is 96.4 Å². The number of fused-ring (bicyclic) bond motifs is 2. The summed E-state index contributed by atoms with van der Waals surface area (Å²) in [6, 6.07) is 10.9. The fraction of sp³-hybridized carbons (Fsp3) is 0.333. The lowest BCUT2D eigenvalue weighted by Crippen LogP contribution is -2.21. The zero-order valence-corrected chi connectivity index (χ0v) is 18.9. The summed E-state index contributed by atoms with van der Waals surface area (Å²) in [7, 11) is 0. The first-order valence-corrected chi connectivity index (χ1v) is 11.6. The van der Waals surface area contributed by atoms with Gasteiger partial charge in [0.25, 0.3) is 0 Å². The smallest absolute Gasteiger partial charge is 0.342 e. The highest BCUT2D eigenvalue weighted by atomic mass is 35.5. The number of thioether (sulfide) groups is 1. The van der Waals surface area contributed by atoms with Crippen LogP contribution in [0.25, 0.3) is 0 Å². The van der Waals surface area contributed by atoms with Crippen LogP contribution in [0.1, 0.15) is 35.7 Å². The van der Waals surface area contributed by atoms with E-state index in [4.69, 9.17) is 21.1 Å². The number of ketones is 1. The summed E-state index contributed by atoms with van der Waals surface area (Å²) in [5, 5.41) is 20.1. The van der Waals surface area contributed by atoms with E-state index in [1.165, 1.54) is 0 Å². The van der Waals surface area contributed by atoms with Gasteiger partial charge in [0.2, 0.25) is 0 Å². The zero-order valence-electron chi connectivity index (χ0n) is 17.4. The Morgan fingerprint density at radius 2 is 1.88 bits per heavy atom. The maximum Gasteiger partial charge on any atom is 0.342 e. The molecule has 1 saturated heterocycles. The summed E-state index contributed by atoms with van der Waals surface area (Å²) >= 11 is 7.84. The van der Waals surface area contributed by atoms with Crippen LogP contribution in [0.4, 0.5) is 0 Å². The molecule has 2 aliphatic rings. The fourth-order valence-corrected chi connectivity index (χ4v) is 5.21. The number of ether oxygens (including phenoxy) is 2. The molecule has 0 spiro atoms. The van der Waals surface area contributed by atoms with Crippen molar-refractivity contribution in [3.05, 3.63) is 64.7 Å². The van der Waals surface area contributed by atoms with E-state index in [1.807, 2.05) is 36.4 Å². The molecule has 2 aromatic rings. The number of rotatable bonds is 2. The van der Waals surface area contributed by atoms with E-state index in [0.29, 0.717) is 6.42 Å². The van der Waals surface area contributed by atoms with Crippen LogP contribution >= 0.6 is 23.4 Å². The van der Waals surface area contributed by atoms with Crippen LogP contribution in [-0.4, -0.2) is 45.5 Å². The van der Waals surface area contributed by atoms with Gasteiger partial charge in [0.1, 0.15) is 28.9 Å². The molecule has 6 nitrogen and oxygen atoms in total. The summed E-state index contributed by atoms with van der Waals surface area (Å²) < 4.78 is 11.4. The SMILES string of the molecule is C[C@@H]1C[C@H]2O[C@H]2[C@H](Sc2ccccc2)/C=C/CC(=O)Cc2c(Cl)c(O)cc(O)c2C(=O)O1. The van der Waals surface area contributed by atoms with Crippen molar-refractivity contribution in [1.82, 2.24) is 0 Å². The minimum absolute atomic E-state index is 0.00463. The number of esters is 1. The number of allylic oxidation sites excluding steroid dienone is 1. The van der Waals surface area contributed by atoms with E-state index < -0.39 is 23.6 Å². The zero-order chi connectivity index (χ0) is 22.8. The normalized spacial score (nSPS) is 26.9. The summed E-state index contributed by atoms with van der Waals surface area (Å²) in [6.07, 6.45) is 3.54. The lowest BCUT2D eigenvalue weighted by Gasteiger charge is -2.17. The molecule has 0 aromatic heterocycles. The number of hydrogen-bond acceptors (Lipinski definition) is 7. The molecule has 0 aliphatic carbocycles. The minimum atomic E-state index is -0.792. The molecule has 0 bridgehead atoms. The van der Waals surface area contributed by atoms with E-state index >= 15 is 0 Å². The molecule has 1 fully saturated rings. The van der Waals surface area contributed by atoms with Crippen molar-refractivity contribution in [2.24, 2.45) is 0 Å². The number of hydrogen-bond donors (Lipinski definition) is 2. The van der Waals surface area contributed by atoms with Crippen molar-refractivity contribution in [1.29, 1.82) is 0 Å². The number of benzene rings is 2. The van der Waals surface area contributed by atoms with E-state index in [-0.39, 0.29) is 52.2 Å². The van der Waals surface area contributed by atoms with Crippen molar-refractivity contribution in [3.8, 4) is 11.5 Å². The number of phenols is 2. The van der Waals surface area contributed by atoms with Crippen molar-refractivity contribution >= 4 is 35.1 Å². The van der Waals surface area contributed by atoms with Crippen LogP contribution in [-0.2, 0) is 20.7 Å². The van der Waals surface area contributed by atoms with Crippen LogP contribution in [0.15, 0.2) is 53.4 Å². The fourth-order valence-electron chi connectivity index (χ4n) is 3.80. The number of carbonyl (C=O) groups excluding carboxylic acids is 2. The predicted molar refractivity (Wildman–Crippen MR) is 121 cm³/mol. The minimum Gasteiger partial charge on any atom is -0.507 e. The highest BCUT2D eigenvalue weighted by Crippen LogP contribution is 2.41. The van der Waals surface area contributed by atoms with Gasteiger partial charge in [-0.2, -0.15) is 0 Å². The quantitative estimate of drug-likeness (QED) is 0.370. The lowest BCUT2D eigenvalue weighted by molar-refractivity contribution is -0.117. The number of Topliss-reactive ketones (excluding diaryl/α,β-unsaturated/α-hetero) is 1. The average Bonchev–Trinajstić information content (AvgIpc) is 3.49. The van der Waals surface area contributed by atoms with Gasteiger partial charge in [-0.25, -0.2) is 4.79 Å². The van der Waals surface area contributed by atoms with Crippen LogP contribution in [0.3, 0.4) is 0 Å². The van der Waals surface area contributed by atoms with Crippen molar-refractivity contribution < 1.29 is 29.3 Å². The molecule has 2 N–H and O–H groups in total. The highest BCUT2D eigenvalue weighted by molar-refractivity contribution is 8.00. The second kappa shape index (κ2) is 9.57. The molecule has 0 radical (unpaired) electrons. The van der Waals surface area contributed by atoms with Gasteiger partial charge in [-0.3, -0.25) is 4.79 Å². The average molecular weight is 475 g/mol. The number of cyclic esters (lactones) is 1. The Morgan fingerprint density at radius 1 is 1.12 bits per heavy atom. The van der Waals surface area contributed by atoms with Gasteiger partial charge in [0, 0.05) is 35.8 Å². The van der Waals surface area contributed by atoms with Gasteiger partial charge in [-0.1, -0.05) is 42.0 Å². The molecule has 32 heavy (non-hydrogen) atoms. The molecule has 0 saturated carbocycles. The molecule has 8 heteroatoms. The van der Waals surface area contributed by atoms with E-state index in [9.17, 15) is 19.8 Å². The monoisotopic (exact) mass is 474 g/mol. The highest BCUT2D eigenvalue weighted by Gasteiger charge is 2.45. The molecule has 168 valence electrons. The Morgan fingerprint density at radius 3 is 2.62 bits per heavy atom. The first kappa shape index (κ1) is 22.7. The summed E-state index contributed by atoms with van der Waals surface area (Å²) in [6.45, 7) is 1.75. The van der Waals surface area contributed by atoms with E-state index in [2.05, 4.69) is 0 Å². The molecule has 2 aromatic carbocycles. The number of phenolic OH excluding ortho intramolecular Hbond substituents is 2. The Hall–Kier alpha value is -2.48. The van der Waals surface area contributed by atoms with Crippen LogP contribution in [0.5, 0.6) is 11.5 Å².